The molecule has 6 heteroatoms. The zero-order chi connectivity index (χ0) is 14.6. The van der Waals surface area contributed by atoms with E-state index in [0.29, 0.717) is 19.6 Å². The van der Waals surface area contributed by atoms with Crippen LogP contribution in [0.15, 0.2) is 0 Å². The molecule has 0 aromatic rings. The van der Waals surface area contributed by atoms with Crippen molar-refractivity contribution in [2.75, 3.05) is 26.2 Å². The van der Waals surface area contributed by atoms with Crippen molar-refractivity contribution in [2.45, 2.75) is 40.2 Å². The molecule has 0 aromatic heterocycles. The summed E-state index contributed by atoms with van der Waals surface area (Å²) in [5.41, 5.74) is 5.91. The number of nitrogens with zero attached hydrogens (tertiary/aromatic N) is 2. The smallest absolute Gasteiger partial charge is 0.239 e. The summed E-state index contributed by atoms with van der Waals surface area (Å²) in [5, 5.41) is 0. The van der Waals surface area contributed by atoms with Crippen molar-refractivity contribution < 1.29 is 9.59 Å². The molecule has 20 heavy (non-hydrogen) atoms. The van der Waals surface area contributed by atoms with Gasteiger partial charge in [-0.1, -0.05) is 27.7 Å². The lowest BCUT2D eigenvalue weighted by Gasteiger charge is -2.26. The molecule has 2 amide bonds. The van der Waals surface area contributed by atoms with Crippen LogP contribution in [0.5, 0.6) is 0 Å². The van der Waals surface area contributed by atoms with Gasteiger partial charge in [0.2, 0.25) is 11.8 Å². The van der Waals surface area contributed by atoms with Gasteiger partial charge in [0.1, 0.15) is 0 Å². The van der Waals surface area contributed by atoms with Crippen molar-refractivity contribution in [3.8, 4) is 0 Å². The molecule has 1 saturated heterocycles. The second kappa shape index (κ2) is 8.47. The molecule has 2 N–H and O–H groups in total. The number of hydrogen-bond donors (Lipinski definition) is 1. The van der Waals surface area contributed by atoms with Crippen LogP contribution < -0.4 is 5.73 Å². The number of rotatable bonds is 3. The van der Waals surface area contributed by atoms with Gasteiger partial charge in [0, 0.05) is 32.1 Å². The first-order valence-electron chi connectivity index (χ1n) is 7.17. The number of hydrogen-bond acceptors (Lipinski definition) is 3. The maximum atomic E-state index is 12.2. The molecule has 1 aliphatic rings. The zero-order valence-electron chi connectivity index (χ0n) is 13.0. The quantitative estimate of drug-likeness (QED) is 0.849. The highest BCUT2D eigenvalue weighted by molar-refractivity contribution is 5.85. The molecule has 118 valence electrons. The summed E-state index contributed by atoms with van der Waals surface area (Å²) in [7, 11) is 0. The van der Waals surface area contributed by atoms with Gasteiger partial charge in [-0.05, 0) is 12.3 Å². The first-order valence-corrected chi connectivity index (χ1v) is 7.17. The summed E-state index contributed by atoms with van der Waals surface area (Å²) < 4.78 is 0. The Morgan fingerprint density at radius 3 is 1.75 bits per heavy atom. The maximum Gasteiger partial charge on any atom is 0.239 e. The van der Waals surface area contributed by atoms with Crippen LogP contribution in [0.4, 0.5) is 0 Å². The van der Waals surface area contributed by atoms with E-state index in [1.54, 1.807) is 4.90 Å². The molecule has 0 saturated carbocycles. The van der Waals surface area contributed by atoms with Gasteiger partial charge in [-0.15, -0.1) is 12.4 Å². The first-order chi connectivity index (χ1) is 8.84. The Morgan fingerprint density at radius 1 is 0.900 bits per heavy atom. The molecule has 1 aliphatic heterocycles. The zero-order valence-corrected chi connectivity index (χ0v) is 13.8. The molecule has 1 heterocycles. The van der Waals surface area contributed by atoms with Gasteiger partial charge in [0.25, 0.3) is 0 Å². The predicted molar refractivity (Wildman–Crippen MR) is 82.7 cm³/mol. The molecule has 1 atom stereocenters. The van der Waals surface area contributed by atoms with Gasteiger partial charge in [0.15, 0.2) is 0 Å². The largest absolute Gasteiger partial charge is 0.341 e. The standard InChI is InChI=1S/C14H27N3O2.ClH/c1-10(2)12(15)14(19)17-7-5-6-16(8-9-17)13(18)11(3)4;/h10-12H,5-9,15H2,1-4H3;1H/t12-;/m0./s1. The molecule has 0 aromatic carbocycles. The molecule has 1 rings (SSSR count). The van der Waals surface area contributed by atoms with Crippen LogP contribution in [0.1, 0.15) is 34.1 Å². The van der Waals surface area contributed by atoms with E-state index in [-0.39, 0.29) is 36.1 Å². The van der Waals surface area contributed by atoms with Crippen LogP contribution in [0.2, 0.25) is 0 Å². The Morgan fingerprint density at radius 2 is 1.35 bits per heavy atom. The lowest BCUT2D eigenvalue weighted by Crippen LogP contribution is -2.48. The van der Waals surface area contributed by atoms with Crippen LogP contribution in [0.25, 0.3) is 0 Å². The minimum absolute atomic E-state index is 0. The van der Waals surface area contributed by atoms with Crippen LogP contribution in [-0.4, -0.2) is 53.8 Å². The summed E-state index contributed by atoms with van der Waals surface area (Å²) in [4.78, 5) is 27.8. The van der Waals surface area contributed by atoms with Crippen molar-refractivity contribution >= 4 is 24.2 Å². The average molecular weight is 306 g/mol. The van der Waals surface area contributed by atoms with E-state index in [1.807, 2.05) is 32.6 Å². The lowest BCUT2D eigenvalue weighted by molar-refractivity contribution is -0.136. The summed E-state index contributed by atoms with van der Waals surface area (Å²) in [6.07, 6.45) is 0.828. The van der Waals surface area contributed by atoms with E-state index < -0.39 is 6.04 Å². The highest BCUT2D eigenvalue weighted by atomic mass is 35.5. The Kier molecular flexibility index (Phi) is 8.13. The van der Waals surface area contributed by atoms with Gasteiger partial charge in [-0.3, -0.25) is 9.59 Å². The summed E-state index contributed by atoms with van der Waals surface area (Å²) in [5.74, 6) is 0.334. The lowest BCUT2D eigenvalue weighted by atomic mass is 10.0. The summed E-state index contributed by atoms with van der Waals surface area (Å²) in [6, 6.07) is -0.438. The Hall–Kier alpha value is -0.810. The normalized spacial score (nSPS) is 17.8. The van der Waals surface area contributed by atoms with E-state index in [2.05, 4.69) is 0 Å². The van der Waals surface area contributed by atoms with Gasteiger partial charge in [-0.25, -0.2) is 0 Å². The van der Waals surface area contributed by atoms with E-state index in [4.69, 9.17) is 5.73 Å². The molecule has 0 bridgehead atoms. The van der Waals surface area contributed by atoms with Crippen LogP contribution in [0, 0.1) is 11.8 Å². The maximum absolute atomic E-state index is 12.2. The highest BCUT2D eigenvalue weighted by Gasteiger charge is 2.27. The minimum Gasteiger partial charge on any atom is -0.341 e. The molecule has 0 aliphatic carbocycles. The average Bonchev–Trinajstić information content (AvgIpc) is 2.61. The Labute approximate surface area is 128 Å². The van der Waals surface area contributed by atoms with Crippen molar-refractivity contribution in [2.24, 2.45) is 17.6 Å². The molecule has 0 spiro atoms. The second-order valence-corrected chi connectivity index (χ2v) is 5.93. The Bertz CT molecular complexity index is 334. The first kappa shape index (κ1) is 19.2. The fourth-order valence-electron chi connectivity index (χ4n) is 2.22. The monoisotopic (exact) mass is 305 g/mol. The van der Waals surface area contributed by atoms with Gasteiger partial charge in [0.05, 0.1) is 6.04 Å². The van der Waals surface area contributed by atoms with E-state index in [0.717, 1.165) is 13.0 Å². The van der Waals surface area contributed by atoms with Crippen LogP contribution >= 0.6 is 12.4 Å². The van der Waals surface area contributed by atoms with Crippen molar-refractivity contribution in [1.29, 1.82) is 0 Å². The van der Waals surface area contributed by atoms with Crippen LogP contribution in [-0.2, 0) is 9.59 Å². The van der Waals surface area contributed by atoms with Gasteiger partial charge in [-0.2, -0.15) is 0 Å². The number of nitrogens with two attached hydrogens (primary N) is 1. The SMILES string of the molecule is CC(C)C(=O)N1CCCN(C(=O)[C@@H](N)C(C)C)CC1.Cl. The third-order valence-electron chi connectivity index (χ3n) is 3.62. The Balaban J connectivity index is 0.00000361. The number of carbonyl (C=O) groups excluding carboxylic acids is 2. The van der Waals surface area contributed by atoms with Crippen molar-refractivity contribution in [3.63, 3.8) is 0 Å². The molecular formula is C14H28ClN3O2. The van der Waals surface area contributed by atoms with E-state index >= 15 is 0 Å². The third kappa shape index (κ3) is 4.94. The fourth-order valence-corrected chi connectivity index (χ4v) is 2.22. The van der Waals surface area contributed by atoms with Gasteiger partial charge >= 0.3 is 0 Å². The highest BCUT2D eigenvalue weighted by Crippen LogP contribution is 2.10. The topological polar surface area (TPSA) is 66.6 Å². The molecule has 1 fully saturated rings. The molecular weight excluding hydrogens is 278 g/mol. The fraction of sp³-hybridized carbons (Fsp3) is 0.857. The number of halogens is 1. The van der Waals surface area contributed by atoms with Crippen molar-refractivity contribution in [1.82, 2.24) is 9.80 Å². The van der Waals surface area contributed by atoms with Crippen LogP contribution in [0.3, 0.4) is 0 Å². The van der Waals surface area contributed by atoms with Gasteiger partial charge < -0.3 is 15.5 Å². The number of carbonyl (C=O) groups is 2. The predicted octanol–water partition coefficient (Wildman–Crippen LogP) is 1.11. The number of amides is 2. The van der Waals surface area contributed by atoms with E-state index in [1.165, 1.54) is 0 Å². The minimum atomic E-state index is -0.438. The molecule has 0 radical (unpaired) electrons. The molecule has 5 nitrogen and oxygen atoms in total. The van der Waals surface area contributed by atoms with E-state index in [9.17, 15) is 9.59 Å². The molecule has 0 unspecified atom stereocenters. The third-order valence-corrected chi connectivity index (χ3v) is 3.62. The summed E-state index contributed by atoms with van der Waals surface area (Å²) >= 11 is 0. The second-order valence-electron chi connectivity index (χ2n) is 5.93. The summed E-state index contributed by atoms with van der Waals surface area (Å²) in [6.45, 7) is 10.4. The van der Waals surface area contributed by atoms with Crippen molar-refractivity contribution in [3.05, 3.63) is 0 Å².